The Morgan fingerprint density at radius 1 is 0.857 bits per heavy atom. The van der Waals surface area contributed by atoms with Gasteiger partial charge in [-0.25, -0.2) is 4.79 Å². The summed E-state index contributed by atoms with van der Waals surface area (Å²) < 4.78 is 0. The van der Waals surface area contributed by atoms with E-state index in [0.29, 0.717) is 10.0 Å². The van der Waals surface area contributed by atoms with Crippen LogP contribution in [0.3, 0.4) is 0 Å². The average Bonchev–Trinajstić information content (AvgIpc) is 2.48. The van der Waals surface area contributed by atoms with Gasteiger partial charge in [-0.2, -0.15) is 0 Å². The Balaban J connectivity index is 1.95. The standard InChI is InChI=1S/C16H12Cl2N2O/c17-12-5-1-10(2-6-12)14-9-15(20-16(21)19-14)11-3-7-13(18)8-4-11/h1-9,14H,(H2,19,20,21)/t14-/m0/s1. The lowest BCUT2D eigenvalue weighted by Gasteiger charge is -2.24. The summed E-state index contributed by atoms with van der Waals surface area (Å²) in [7, 11) is 0. The zero-order chi connectivity index (χ0) is 14.8. The SMILES string of the molecule is O=C1NC(c2ccc(Cl)cc2)=C[C@@H](c2ccc(Cl)cc2)N1. The fourth-order valence-electron chi connectivity index (χ4n) is 2.20. The first-order valence-electron chi connectivity index (χ1n) is 6.42. The molecule has 0 saturated carbocycles. The van der Waals surface area contributed by atoms with Crippen molar-refractivity contribution in [2.75, 3.05) is 0 Å². The molecule has 0 spiro atoms. The minimum Gasteiger partial charge on any atom is -0.327 e. The molecule has 1 heterocycles. The van der Waals surface area contributed by atoms with E-state index in [4.69, 9.17) is 23.2 Å². The molecule has 21 heavy (non-hydrogen) atoms. The zero-order valence-corrected chi connectivity index (χ0v) is 12.4. The number of carbonyl (C=O) groups excluding carboxylic acids is 1. The molecule has 2 aromatic rings. The molecule has 0 unspecified atom stereocenters. The van der Waals surface area contributed by atoms with Gasteiger partial charge in [-0.15, -0.1) is 0 Å². The van der Waals surface area contributed by atoms with Gasteiger partial charge >= 0.3 is 6.03 Å². The van der Waals surface area contributed by atoms with E-state index in [1.807, 2.05) is 30.3 Å². The highest BCUT2D eigenvalue weighted by Crippen LogP contribution is 2.25. The van der Waals surface area contributed by atoms with Crippen LogP contribution in [0.1, 0.15) is 17.2 Å². The van der Waals surface area contributed by atoms with E-state index in [-0.39, 0.29) is 12.1 Å². The first-order chi connectivity index (χ1) is 10.1. The Bertz CT molecular complexity index is 693. The Morgan fingerprint density at radius 2 is 1.43 bits per heavy atom. The third kappa shape index (κ3) is 3.20. The molecule has 3 nitrogen and oxygen atoms in total. The van der Waals surface area contributed by atoms with Gasteiger partial charge in [0, 0.05) is 15.7 Å². The maximum atomic E-state index is 11.8. The third-order valence-electron chi connectivity index (χ3n) is 3.25. The van der Waals surface area contributed by atoms with Crippen molar-refractivity contribution < 1.29 is 4.79 Å². The minimum atomic E-state index is -0.234. The fraction of sp³-hybridized carbons (Fsp3) is 0.0625. The van der Waals surface area contributed by atoms with Crippen molar-refractivity contribution in [3.8, 4) is 0 Å². The lowest BCUT2D eigenvalue weighted by Crippen LogP contribution is -2.40. The van der Waals surface area contributed by atoms with Crippen LogP contribution in [-0.2, 0) is 0 Å². The maximum absolute atomic E-state index is 11.8. The Kier molecular flexibility index (Phi) is 3.86. The second-order valence-corrected chi connectivity index (χ2v) is 5.59. The van der Waals surface area contributed by atoms with E-state index in [0.717, 1.165) is 16.8 Å². The second-order valence-electron chi connectivity index (χ2n) is 4.71. The smallest absolute Gasteiger partial charge is 0.319 e. The Hall–Kier alpha value is -1.97. The van der Waals surface area contributed by atoms with Crippen molar-refractivity contribution >= 4 is 34.9 Å². The van der Waals surface area contributed by atoms with Gasteiger partial charge in [-0.1, -0.05) is 47.5 Å². The van der Waals surface area contributed by atoms with Crippen LogP contribution in [0.2, 0.25) is 10.0 Å². The van der Waals surface area contributed by atoms with Crippen molar-refractivity contribution in [1.82, 2.24) is 10.6 Å². The van der Waals surface area contributed by atoms with Crippen LogP contribution in [-0.4, -0.2) is 6.03 Å². The van der Waals surface area contributed by atoms with E-state index < -0.39 is 0 Å². The molecule has 1 aliphatic rings. The molecule has 1 atom stereocenters. The normalized spacial score (nSPS) is 17.7. The van der Waals surface area contributed by atoms with Crippen molar-refractivity contribution in [2.24, 2.45) is 0 Å². The van der Waals surface area contributed by atoms with Crippen LogP contribution >= 0.6 is 23.2 Å². The number of hydrogen-bond donors (Lipinski definition) is 2. The number of hydrogen-bond acceptors (Lipinski definition) is 1. The maximum Gasteiger partial charge on any atom is 0.319 e. The Labute approximate surface area is 132 Å². The quantitative estimate of drug-likeness (QED) is 0.847. The summed E-state index contributed by atoms with van der Waals surface area (Å²) in [5.41, 5.74) is 2.64. The molecule has 0 saturated heterocycles. The summed E-state index contributed by atoms with van der Waals surface area (Å²) >= 11 is 11.8. The van der Waals surface area contributed by atoms with Crippen LogP contribution < -0.4 is 10.6 Å². The predicted molar refractivity (Wildman–Crippen MR) is 85.3 cm³/mol. The van der Waals surface area contributed by atoms with Crippen LogP contribution in [0.15, 0.2) is 54.6 Å². The summed E-state index contributed by atoms with van der Waals surface area (Å²) in [5, 5.41) is 7.00. The summed E-state index contributed by atoms with van der Waals surface area (Å²) in [6.45, 7) is 0. The number of urea groups is 1. The molecule has 3 rings (SSSR count). The van der Waals surface area contributed by atoms with E-state index in [1.54, 1.807) is 24.3 Å². The van der Waals surface area contributed by atoms with Gasteiger partial charge in [0.1, 0.15) is 0 Å². The van der Waals surface area contributed by atoms with Gasteiger partial charge in [-0.3, -0.25) is 0 Å². The highest BCUT2D eigenvalue weighted by atomic mass is 35.5. The monoisotopic (exact) mass is 318 g/mol. The van der Waals surface area contributed by atoms with Crippen molar-refractivity contribution in [1.29, 1.82) is 0 Å². The number of nitrogens with one attached hydrogen (secondary N) is 2. The molecule has 106 valence electrons. The summed E-state index contributed by atoms with van der Waals surface area (Å²) in [4.78, 5) is 11.8. The van der Waals surface area contributed by atoms with E-state index >= 15 is 0 Å². The van der Waals surface area contributed by atoms with Crippen LogP contribution in [0.4, 0.5) is 4.79 Å². The van der Waals surface area contributed by atoms with Gasteiger partial charge in [0.15, 0.2) is 0 Å². The molecule has 0 aromatic heterocycles. The summed E-state index contributed by atoms with van der Waals surface area (Å²) in [5.74, 6) is 0. The molecule has 0 radical (unpaired) electrons. The first kappa shape index (κ1) is 14.0. The molecule has 0 fully saturated rings. The van der Waals surface area contributed by atoms with Crippen molar-refractivity contribution in [3.05, 3.63) is 75.8 Å². The van der Waals surface area contributed by atoms with Crippen LogP contribution in [0.25, 0.3) is 5.70 Å². The molecule has 2 aromatic carbocycles. The molecule has 1 aliphatic heterocycles. The van der Waals surface area contributed by atoms with Crippen molar-refractivity contribution in [3.63, 3.8) is 0 Å². The summed E-state index contributed by atoms with van der Waals surface area (Å²) in [6.07, 6.45) is 1.97. The fourth-order valence-corrected chi connectivity index (χ4v) is 2.45. The molecular formula is C16H12Cl2N2O. The van der Waals surface area contributed by atoms with Gasteiger partial charge in [0.25, 0.3) is 0 Å². The number of amides is 2. The van der Waals surface area contributed by atoms with Crippen molar-refractivity contribution in [2.45, 2.75) is 6.04 Å². The van der Waals surface area contributed by atoms with E-state index in [1.165, 1.54) is 0 Å². The molecule has 2 amide bonds. The zero-order valence-electron chi connectivity index (χ0n) is 10.9. The van der Waals surface area contributed by atoms with Gasteiger partial charge < -0.3 is 10.6 Å². The van der Waals surface area contributed by atoms with E-state index in [2.05, 4.69) is 10.6 Å². The van der Waals surface area contributed by atoms with Crippen LogP contribution in [0.5, 0.6) is 0 Å². The Morgan fingerprint density at radius 3 is 2.05 bits per heavy atom. The first-order valence-corrected chi connectivity index (χ1v) is 7.18. The number of rotatable bonds is 2. The second kappa shape index (κ2) is 5.80. The largest absolute Gasteiger partial charge is 0.327 e. The molecular weight excluding hydrogens is 307 g/mol. The van der Waals surface area contributed by atoms with Crippen LogP contribution in [0, 0.1) is 0 Å². The number of halogens is 2. The van der Waals surface area contributed by atoms with Gasteiger partial charge in [-0.05, 0) is 41.5 Å². The minimum absolute atomic E-state index is 0.193. The molecule has 0 aliphatic carbocycles. The number of benzene rings is 2. The average molecular weight is 319 g/mol. The molecule has 5 heteroatoms. The van der Waals surface area contributed by atoms with E-state index in [9.17, 15) is 4.79 Å². The topological polar surface area (TPSA) is 41.1 Å². The predicted octanol–water partition coefficient (Wildman–Crippen LogP) is 4.39. The van der Waals surface area contributed by atoms with Gasteiger partial charge in [0.2, 0.25) is 0 Å². The third-order valence-corrected chi connectivity index (χ3v) is 3.76. The summed E-state index contributed by atoms with van der Waals surface area (Å²) in [6, 6.07) is 14.3. The molecule has 2 N–H and O–H groups in total. The molecule has 0 bridgehead atoms. The highest BCUT2D eigenvalue weighted by molar-refractivity contribution is 6.30. The highest BCUT2D eigenvalue weighted by Gasteiger charge is 2.20. The number of carbonyl (C=O) groups is 1. The lowest BCUT2D eigenvalue weighted by molar-refractivity contribution is 0.241. The van der Waals surface area contributed by atoms with Gasteiger partial charge in [0.05, 0.1) is 6.04 Å². The lowest BCUT2D eigenvalue weighted by atomic mass is 10.0.